The van der Waals surface area contributed by atoms with Gasteiger partial charge in [-0.1, -0.05) is 32.0 Å². The van der Waals surface area contributed by atoms with Crippen LogP contribution in [-0.4, -0.2) is 29.6 Å². The number of aliphatic hydroxyl groups is 1. The molecule has 0 saturated heterocycles. The van der Waals surface area contributed by atoms with Crippen LogP contribution >= 0.6 is 0 Å². The Labute approximate surface area is 148 Å². The minimum absolute atomic E-state index is 0.0295. The third-order valence-electron chi connectivity index (χ3n) is 4.00. The van der Waals surface area contributed by atoms with Crippen LogP contribution in [0.1, 0.15) is 41.0 Å². The summed E-state index contributed by atoms with van der Waals surface area (Å²) in [5, 5.41) is 14.8. The van der Waals surface area contributed by atoms with Crippen molar-refractivity contribution in [1.82, 2.24) is 5.32 Å². The number of para-hydroxylation sites is 1. The summed E-state index contributed by atoms with van der Waals surface area (Å²) in [4.78, 5) is 24.5. The highest BCUT2D eigenvalue weighted by Gasteiger charge is 2.17. The van der Waals surface area contributed by atoms with Crippen molar-refractivity contribution in [1.29, 1.82) is 0 Å². The zero-order chi connectivity index (χ0) is 18.2. The summed E-state index contributed by atoms with van der Waals surface area (Å²) in [6, 6.07) is 15.6. The number of anilines is 1. The molecule has 0 aromatic heterocycles. The van der Waals surface area contributed by atoms with Gasteiger partial charge in [0.15, 0.2) is 0 Å². The van der Waals surface area contributed by atoms with Gasteiger partial charge in [0.2, 0.25) is 0 Å². The number of hydrogen-bond donors (Lipinski definition) is 3. The molecular formula is C20H24N2O3. The molecule has 132 valence electrons. The van der Waals surface area contributed by atoms with Gasteiger partial charge >= 0.3 is 0 Å². The fraction of sp³-hybridized carbons (Fsp3) is 0.300. The molecule has 5 heteroatoms. The zero-order valence-electron chi connectivity index (χ0n) is 14.5. The van der Waals surface area contributed by atoms with E-state index in [1.807, 2.05) is 44.2 Å². The van der Waals surface area contributed by atoms with Gasteiger partial charge in [-0.3, -0.25) is 9.59 Å². The molecule has 0 aliphatic rings. The minimum Gasteiger partial charge on any atom is -0.396 e. The van der Waals surface area contributed by atoms with E-state index in [-0.39, 0.29) is 30.4 Å². The van der Waals surface area contributed by atoms with E-state index in [1.165, 1.54) is 0 Å². The van der Waals surface area contributed by atoms with Crippen molar-refractivity contribution in [2.45, 2.75) is 26.3 Å². The van der Waals surface area contributed by atoms with Crippen molar-refractivity contribution in [2.24, 2.45) is 5.92 Å². The Hall–Kier alpha value is -2.66. The smallest absolute Gasteiger partial charge is 0.255 e. The van der Waals surface area contributed by atoms with Crippen molar-refractivity contribution in [3.05, 3.63) is 65.7 Å². The highest BCUT2D eigenvalue weighted by molar-refractivity contribution is 6.05. The van der Waals surface area contributed by atoms with E-state index >= 15 is 0 Å². The van der Waals surface area contributed by atoms with E-state index in [2.05, 4.69) is 10.6 Å². The molecule has 0 spiro atoms. The van der Waals surface area contributed by atoms with Crippen molar-refractivity contribution in [3.8, 4) is 0 Å². The van der Waals surface area contributed by atoms with Crippen molar-refractivity contribution in [3.63, 3.8) is 0 Å². The molecule has 2 aromatic carbocycles. The molecule has 2 amide bonds. The number of hydrogen-bond acceptors (Lipinski definition) is 3. The first-order valence-corrected chi connectivity index (χ1v) is 8.39. The lowest BCUT2D eigenvalue weighted by Gasteiger charge is -2.21. The van der Waals surface area contributed by atoms with Crippen LogP contribution in [-0.2, 0) is 0 Å². The molecule has 0 saturated carbocycles. The Morgan fingerprint density at radius 3 is 2.00 bits per heavy atom. The molecule has 0 aliphatic carbocycles. The maximum absolute atomic E-state index is 12.3. The third kappa shape index (κ3) is 5.43. The number of rotatable bonds is 7. The second-order valence-electron chi connectivity index (χ2n) is 6.23. The van der Waals surface area contributed by atoms with Gasteiger partial charge in [0.05, 0.1) is 0 Å². The minimum atomic E-state index is -0.224. The average Bonchev–Trinajstić information content (AvgIpc) is 2.62. The molecule has 1 unspecified atom stereocenters. The Morgan fingerprint density at radius 1 is 0.920 bits per heavy atom. The van der Waals surface area contributed by atoms with Crippen LogP contribution in [0, 0.1) is 5.92 Å². The van der Waals surface area contributed by atoms with Crippen LogP contribution in [0.2, 0.25) is 0 Å². The summed E-state index contributed by atoms with van der Waals surface area (Å²) in [5.41, 5.74) is 1.69. The van der Waals surface area contributed by atoms with E-state index in [1.54, 1.807) is 24.3 Å². The zero-order valence-corrected chi connectivity index (χ0v) is 14.5. The summed E-state index contributed by atoms with van der Waals surface area (Å²) in [6.45, 7) is 4.02. The molecule has 0 heterocycles. The first-order valence-electron chi connectivity index (χ1n) is 8.39. The predicted octanol–water partition coefficient (Wildman–Crippen LogP) is 3.08. The maximum Gasteiger partial charge on any atom is 0.255 e. The number of carbonyl (C=O) groups excluding carboxylic acids is 2. The van der Waals surface area contributed by atoms with Gasteiger partial charge in [-0.05, 0) is 48.7 Å². The number of nitrogens with one attached hydrogen (secondary N) is 2. The lowest BCUT2D eigenvalue weighted by Crippen LogP contribution is -2.39. The predicted molar refractivity (Wildman–Crippen MR) is 98.6 cm³/mol. The molecule has 0 aliphatic heterocycles. The summed E-state index contributed by atoms with van der Waals surface area (Å²) in [6.07, 6.45) is 0.515. The largest absolute Gasteiger partial charge is 0.396 e. The molecule has 0 radical (unpaired) electrons. The lowest BCUT2D eigenvalue weighted by molar-refractivity contribution is 0.0915. The number of amides is 2. The van der Waals surface area contributed by atoms with E-state index in [0.29, 0.717) is 17.5 Å². The average molecular weight is 340 g/mol. The molecule has 1 atom stereocenters. The number of aliphatic hydroxyl groups excluding tert-OH is 1. The SMILES string of the molecule is CC(C)C(CCO)NC(=O)c1ccc(C(=O)Nc2ccccc2)cc1. The van der Waals surface area contributed by atoms with Crippen LogP contribution in [0.4, 0.5) is 5.69 Å². The van der Waals surface area contributed by atoms with Crippen molar-refractivity contribution >= 4 is 17.5 Å². The molecule has 0 fully saturated rings. The number of carbonyl (C=O) groups is 2. The van der Waals surface area contributed by atoms with E-state index in [4.69, 9.17) is 5.11 Å². The highest BCUT2D eigenvalue weighted by Crippen LogP contribution is 2.11. The standard InChI is InChI=1S/C20H24N2O3/c1-14(2)18(12-13-23)22-20(25)16-10-8-15(9-11-16)19(24)21-17-6-4-3-5-7-17/h3-11,14,18,23H,12-13H2,1-2H3,(H,21,24)(H,22,25). The van der Waals surface area contributed by atoms with Crippen molar-refractivity contribution < 1.29 is 14.7 Å². The molecule has 5 nitrogen and oxygen atoms in total. The van der Waals surface area contributed by atoms with Crippen LogP contribution < -0.4 is 10.6 Å². The van der Waals surface area contributed by atoms with Gasteiger partial charge in [-0.2, -0.15) is 0 Å². The second kappa shape index (κ2) is 8.99. The van der Waals surface area contributed by atoms with Gasteiger partial charge < -0.3 is 15.7 Å². The topological polar surface area (TPSA) is 78.4 Å². The summed E-state index contributed by atoms with van der Waals surface area (Å²) in [5.74, 6) is -0.201. The van der Waals surface area contributed by atoms with Crippen LogP contribution in [0.25, 0.3) is 0 Å². The van der Waals surface area contributed by atoms with E-state index < -0.39 is 0 Å². The van der Waals surface area contributed by atoms with Crippen LogP contribution in [0.3, 0.4) is 0 Å². The summed E-state index contributed by atoms with van der Waals surface area (Å²) >= 11 is 0. The maximum atomic E-state index is 12.3. The van der Waals surface area contributed by atoms with Crippen LogP contribution in [0.5, 0.6) is 0 Å². The fourth-order valence-electron chi connectivity index (χ4n) is 2.46. The quantitative estimate of drug-likeness (QED) is 0.725. The van der Waals surface area contributed by atoms with Crippen molar-refractivity contribution in [2.75, 3.05) is 11.9 Å². The molecule has 3 N–H and O–H groups in total. The third-order valence-corrected chi connectivity index (χ3v) is 4.00. The normalized spacial score (nSPS) is 11.8. The van der Waals surface area contributed by atoms with E-state index in [0.717, 1.165) is 5.69 Å². The Balaban J connectivity index is 2.01. The highest BCUT2D eigenvalue weighted by atomic mass is 16.3. The van der Waals surface area contributed by atoms with Gasteiger partial charge in [0, 0.05) is 29.5 Å². The second-order valence-corrected chi connectivity index (χ2v) is 6.23. The van der Waals surface area contributed by atoms with Crippen LogP contribution in [0.15, 0.2) is 54.6 Å². The molecule has 2 rings (SSSR count). The monoisotopic (exact) mass is 340 g/mol. The van der Waals surface area contributed by atoms with Gasteiger partial charge in [0.1, 0.15) is 0 Å². The molecule has 25 heavy (non-hydrogen) atoms. The summed E-state index contributed by atoms with van der Waals surface area (Å²) < 4.78 is 0. The molecular weight excluding hydrogens is 316 g/mol. The fourth-order valence-corrected chi connectivity index (χ4v) is 2.46. The Morgan fingerprint density at radius 2 is 1.48 bits per heavy atom. The Bertz CT molecular complexity index is 697. The van der Waals surface area contributed by atoms with Gasteiger partial charge in [-0.25, -0.2) is 0 Å². The molecule has 2 aromatic rings. The first-order chi connectivity index (χ1) is 12.0. The lowest BCUT2D eigenvalue weighted by atomic mass is 10.0. The molecule has 0 bridgehead atoms. The van der Waals surface area contributed by atoms with E-state index in [9.17, 15) is 9.59 Å². The Kier molecular flexibility index (Phi) is 6.71. The number of benzene rings is 2. The van der Waals surface area contributed by atoms with Gasteiger partial charge in [0.25, 0.3) is 11.8 Å². The first kappa shape index (κ1) is 18.7. The summed E-state index contributed by atoms with van der Waals surface area (Å²) in [7, 11) is 0. The van der Waals surface area contributed by atoms with Gasteiger partial charge in [-0.15, -0.1) is 0 Å².